The lowest BCUT2D eigenvalue weighted by molar-refractivity contribution is 0.256. The summed E-state index contributed by atoms with van der Waals surface area (Å²) in [6, 6.07) is 9.04. The number of aromatic nitrogens is 3. The number of fused-ring (bicyclic) bond motifs is 2. The lowest BCUT2D eigenvalue weighted by atomic mass is 10.1. The van der Waals surface area contributed by atoms with Crippen LogP contribution in [0.3, 0.4) is 0 Å². The van der Waals surface area contributed by atoms with Gasteiger partial charge in [0.25, 0.3) is 15.6 Å². The maximum Gasteiger partial charge on any atom is 0.333 e. The number of halogens is 1. The lowest BCUT2D eigenvalue weighted by Crippen LogP contribution is -2.34. The van der Waals surface area contributed by atoms with Gasteiger partial charge in [0.1, 0.15) is 15.5 Å². The van der Waals surface area contributed by atoms with Crippen LogP contribution >= 0.6 is 11.3 Å². The molecule has 0 fully saturated rings. The van der Waals surface area contributed by atoms with Gasteiger partial charge in [-0.25, -0.2) is 27.9 Å². The van der Waals surface area contributed by atoms with Gasteiger partial charge in [-0.3, -0.25) is 9.36 Å². The van der Waals surface area contributed by atoms with Gasteiger partial charge >= 0.3 is 6.03 Å². The zero-order chi connectivity index (χ0) is 23.2. The average Bonchev–Trinajstić information content (AvgIpc) is 3.42. The number of pyridine rings is 2. The number of oxazole rings is 1. The van der Waals surface area contributed by atoms with Gasteiger partial charge in [0, 0.05) is 6.20 Å². The number of nitrogens with one attached hydrogen (secondary N) is 2. The highest BCUT2D eigenvalue weighted by Gasteiger charge is 2.20. The van der Waals surface area contributed by atoms with Gasteiger partial charge in [-0.2, -0.15) is 4.39 Å². The number of anilines is 1. The van der Waals surface area contributed by atoms with Crippen LogP contribution in [0.5, 0.6) is 0 Å². The molecule has 2 N–H and O–H groups in total. The Bertz CT molecular complexity index is 1690. The second-order valence-electron chi connectivity index (χ2n) is 6.77. The fourth-order valence-corrected chi connectivity index (χ4v) is 5.06. The Morgan fingerprint density at radius 1 is 1.12 bits per heavy atom. The molecule has 5 rings (SSSR count). The SMILES string of the molecule is O=C(Nc1ccc(-n2ccc3cc4ncoc4cc3c2=O)nc1)NS(=O)(=O)c1ccc(F)s1. The third-order valence-corrected chi connectivity index (χ3v) is 7.34. The van der Waals surface area contributed by atoms with Gasteiger partial charge < -0.3 is 9.73 Å². The second kappa shape index (κ2) is 7.79. The van der Waals surface area contributed by atoms with Crippen LogP contribution < -0.4 is 15.6 Å². The first-order valence-electron chi connectivity index (χ1n) is 9.24. The minimum absolute atomic E-state index is 0.181. The van der Waals surface area contributed by atoms with Crippen molar-refractivity contribution >= 4 is 55.0 Å². The van der Waals surface area contributed by atoms with Crippen molar-refractivity contribution in [3.05, 3.63) is 76.7 Å². The fourth-order valence-electron chi connectivity index (χ4n) is 3.15. The van der Waals surface area contributed by atoms with Gasteiger partial charge in [0.2, 0.25) is 0 Å². The number of nitrogens with zero attached hydrogens (tertiary/aromatic N) is 3. The number of benzene rings is 1. The van der Waals surface area contributed by atoms with Crippen LogP contribution in [0.2, 0.25) is 0 Å². The number of hydrogen-bond donors (Lipinski definition) is 2. The van der Waals surface area contributed by atoms with Crippen LogP contribution in [0.25, 0.3) is 27.7 Å². The largest absolute Gasteiger partial charge is 0.443 e. The third-order valence-electron chi connectivity index (χ3n) is 4.65. The monoisotopic (exact) mass is 485 g/mol. The van der Waals surface area contributed by atoms with E-state index in [0.29, 0.717) is 33.2 Å². The maximum absolute atomic E-state index is 13.1. The molecule has 5 aromatic rings. The van der Waals surface area contributed by atoms with E-state index in [0.717, 1.165) is 12.1 Å². The number of amides is 2. The summed E-state index contributed by atoms with van der Waals surface area (Å²) in [6.07, 6.45) is 4.13. The molecule has 4 heterocycles. The molecule has 0 radical (unpaired) electrons. The molecule has 0 spiro atoms. The Kier molecular flexibility index (Phi) is 4.91. The molecule has 0 unspecified atom stereocenters. The van der Waals surface area contributed by atoms with Gasteiger partial charge in [-0.15, -0.1) is 0 Å². The fraction of sp³-hybridized carbons (Fsp3) is 0. The normalized spacial score (nSPS) is 11.7. The highest BCUT2D eigenvalue weighted by Crippen LogP contribution is 2.21. The molecule has 0 aliphatic rings. The summed E-state index contributed by atoms with van der Waals surface area (Å²) >= 11 is 0.394. The molecule has 33 heavy (non-hydrogen) atoms. The molecular formula is C20H12FN5O5S2. The first kappa shape index (κ1) is 20.8. The van der Waals surface area contributed by atoms with Crippen LogP contribution in [0.15, 0.2) is 74.7 Å². The topological polar surface area (TPSA) is 136 Å². The molecule has 166 valence electrons. The van der Waals surface area contributed by atoms with Crippen molar-refractivity contribution in [3.8, 4) is 5.82 Å². The predicted molar refractivity (Wildman–Crippen MR) is 119 cm³/mol. The van der Waals surface area contributed by atoms with Crippen LogP contribution in [0.1, 0.15) is 0 Å². The minimum Gasteiger partial charge on any atom is -0.443 e. The van der Waals surface area contributed by atoms with Gasteiger partial charge in [-0.05, 0) is 47.9 Å². The first-order valence-corrected chi connectivity index (χ1v) is 11.5. The lowest BCUT2D eigenvalue weighted by Gasteiger charge is -2.09. The molecule has 13 heteroatoms. The summed E-state index contributed by atoms with van der Waals surface area (Å²) in [5.74, 6) is 0.284. The van der Waals surface area contributed by atoms with Crippen LogP contribution in [0, 0.1) is 5.13 Å². The smallest absolute Gasteiger partial charge is 0.333 e. The second-order valence-corrected chi connectivity index (χ2v) is 9.72. The van der Waals surface area contributed by atoms with E-state index in [9.17, 15) is 22.4 Å². The summed E-state index contributed by atoms with van der Waals surface area (Å²) in [5, 5.41) is 2.75. The van der Waals surface area contributed by atoms with E-state index >= 15 is 0 Å². The van der Waals surface area contributed by atoms with E-state index in [1.165, 1.54) is 29.3 Å². The molecule has 2 amide bonds. The van der Waals surface area contributed by atoms with Gasteiger partial charge in [0.15, 0.2) is 17.1 Å². The van der Waals surface area contributed by atoms with E-state index < -0.39 is 21.2 Å². The van der Waals surface area contributed by atoms with Crippen molar-refractivity contribution in [2.45, 2.75) is 4.21 Å². The van der Waals surface area contributed by atoms with E-state index in [2.05, 4.69) is 15.3 Å². The molecule has 1 aromatic carbocycles. The quantitative estimate of drug-likeness (QED) is 0.399. The zero-order valence-electron chi connectivity index (χ0n) is 16.4. The summed E-state index contributed by atoms with van der Waals surface area (Å²) in [4.78, 5) is 33.2. The minimum atomic E-state index is -4.21. The average molecular weight is 485 g/mol. The molecule has 0 saturated heterocycles. The van der Waals surface area contributed by atoms with Crippen LogP contribution in [0.4, 0.5) is 14.9 Å². The Morgan fingerprint density at radius 2 is 1.97 bits per heavy atom. The Hall–Kier alpha value is -4.10. The number of hydrogen-bond acceptors (Lipinski definition) is 8. The van der Waals surface area contributed by atoms with Crippen molar-refractivity contribution < 1.29 is 22.0 Å². The summed E-state index contributed by atoms with van der Waals surface area (Å²) in [6.45, 7) is 0. The standard InChI is InChI=1S/C20H12FN5O5S2/c21-16-2-4-18(32-16)33(29,30)25-20(28)24-12-1-3-17(22-9-12)26-6-5-11-7-14-15(31-10-23-14)8-13(11)19(26)27/h1-10H,(H2,24,25,28). The van der Waals surface area contributed by atoms with Crippen molar-refractivity contribution in [1.82, 2.24) is 19.3 Å². The Morgan fingerprint density at radius 3 is 2.70 bits per heavy atom. The molecule has 0 bridgehead atoms. The number of thiophene rings is 1. The number of urea groups is 1. The van der Waals surface area contributed by atoms with Gasteiger partial charge in [0.05, 0.1) is 17.3 Å². The Labute approximate surface area is 188 Å². The summed E-state index contributed by atoms with van der Waals surface area (Å²) in [7, 11) is -4.21. The first-order chi connectivity index (χ1) is 15.8. The molecule has 4 aromatic heterocycles. The van der Waals surface area contributed by atoms with Crippen LogP contribution in [-0.4, -0.2) is 29.0 Å². The Balaban J connectivity index is 1.36. The number of sulfonamides is 1. The van der Waals surface area contributed by atoms with E-state index in [-0.39, 0.29) is 21.3 Å². The molecule has 0 saturated carbocycles. The summed E-state index contributed by atoms with van der Waals surface area (Å²) < 4.78 is 45.3. The number of carbonyl (C=O) groups is 1. The van der Waals surface area contributed by atoms with E-state index in [4.69, 9.17) is 4.42 Å². The summed E-state index contributed by atoms with van der Waals surface area (Å²) in [5.41, 5.74) is 0.973. The number of carbonyl (C=O) groups excluding carboxylic acids is 1. The molecule has 10 nitrogen and oxygen atoms in total. The maximum atomic E-state index is 13.1. The van der Waals surface area contributed by atoms with Crippen molar-refractivity contribution in [3.63, 3.8) is 0 Å². The predicted octanol–water partition coefficient (Wildman–Crippen LogP) is 3.24. The van der Waals surface area contributed by atoms with Crippen molar-refractivity contribution in [1.29, 1.82) is 0 Å². The highest BCUT2D eigenvalue weighted by atomic mass is 32.2. The number of rotatable bonds is 4. The van der Waals surface area contributed by atoms with Gasteiger partial charge in [-0.1, -0.05) is 11.3 Å². The molecular weight excluding hydrogens is 473 g/mol. The van der Waals surface area contributed by atoms with E-state index in [1.54, 1.807) is 29.1 Å². The van der Waals surface area contributed by atoms with Crippen molar-refractivity contribution in [2.24, 2.45) is 0 Å². The highest BCUT2D eigenvalue weighted by molar-refractivity contribution is 7.92. The van der Waals surface area contributed by atoms with E-state index in [1.807, 2.05) is 0 Å². The van der Waals surface area contributed by atoms with Crippen LogP contribution in [-0.2, 0) is 10.0 Å². The zero-order valence-corrected chi connectivity index (χ0v) is 18.0. The molecule has 0 atom stereocenters. The molecule has 0 aliphatic carbocycles. The van der Waals surface area contributed by atoms with Crippen molar-refractivity contribution in [2.75, 3.05) is 5.32 Å². The third kappa shape index (κ3) is 3.94. The molecule has 0 aliphatic heterocycles.